The van der Waals surface area contributed by atoms with E-state index in [1.165, 1.54) is 4.90 Å². The fourth-order valence-electron chi connectivity index (χ4n) is 1.90. The van der Waals surface area contributed by atoms with Gasteiger partial charge in [-0.05, 0) is 18.6 Å². The zero-order valence-corrected chi connectivity index (χ0v) is 9.31. The average molecular weight is 242 g/mol. The topological polar surface area (TPSA) is 70.1 Å². The first kappa shape index (κ1) is 11.1. The Kier molecular flexibility index (Phi) is 2.71. The van der Waals surface area contributed by atoms with Gasteiger partial charge in [-0.2, -0.15) is 9.27 Å². The van der Waals surface area contributed by atoms with Crippen molar-refractivity contribution in [1.82, 2.24) is 9.96 Å². The van der Waals surface area contributed by atoms with Gasteiger partial charge in [0.25, 0.3) is 0 Å². The Bertz CT molecular complexity index is 428. The van der Waals surface area contributed by atoms with E-state index >= 15 is 0 Å². The number of rotatable bonds is 2. The summed E-state index contributed by atoms with van der Waals surface area (Å²) >= 11 is -2.51. The van der Waals surface area contributed by atoms with E-state index in [2.05, 4.69) is 10.2 Å². The summed E-state index contributed by atoms with van der Waals surface area (Å²) in [5.41, 5.74) is 0.857. The van der Waals surface area contributed by atoms with Crippen molar-refractivity contribution in [3.63, 3.8) is 0 Å². The number of urea groups is 1. The molecule has 0 spiro atoms. The predicted molar refractivity (Wildman–Crippen MR) is 56.0 cm³/mol. The van der Waals surface area contributed by atoms with Crippen LogP contribution in [0.1, 0.15) is 6.92 Å². The highest BCUT2D eigenvalue weighted by atomic mass is 32.2. The van der Waals surface area contributed by atoms with E-state index in [0.29, 0.717) is 6.54 Å². The predicted octanol–water partition coefficient (Wildman–Crippen LogP) is 0.123. The molecule has 2 bridgehead atoms. The van der Waals surface area contributed by atoms with Crippen LogP contribution in [0.4, 0.5) is 4.79 Å². The second-order valence-corrected chi connectivity index (χ2v) is 4.17. The molecule has 0 aromatic rings. The maximum Gasteiger partial charge on any atom is 0.347 e. The molecule has 6 nitrogen and oxygen atoms in total. The summed E-state index contributed by atoms with van der Waals surface area (Å²) in [5, 5.41) is 0.902. The molecular formula is C9H10N2O4S. The summed E-state index contributed by atoms with van der Waals surface area (Å²) in [6.45, 7) is 2.19. The van der Waals surface area contributed by atoms with Gasteiger partial charge >= 0.3 is 17.4 Å². The summed E-state index contributed by atoms with van der Waals surface area (Å²) in [7, 11) is 0. The molecule has 3 unspecified atom stereocenters. The summed E-state index contributed by atoms with van der Waals surface area (Å²) in [5.74, 6) is 2.47. The smallest absolute Gasteiger partial charge is 0.303 e. The van der Waals surface area contributed by atoms with Crippen LogP contribution >= 0.6 is 0 Å². The van der Waals surface area contributed by atoms with Crippen LogP contribution in [0.25, 0.3) is 0 Å². The lowest BCUT2D eigenvalue weighted by molar-refractivity contribution is -0.0119. The second kappa shape index (κ2) is 3.90. The molecule has 0 aromatic heterocycles. The van der Waals surface area contributed by atoms with Gasteiger partial charge in [0.05, 0.1) is 6.54 Å². The molecule has 1 saturated heterocycles. The van der Waals surface area contributed by atoms with Crippen LogP contribution in [-0.2, 0) is 15.6 Å². The molecule has 0 radical (unpaired) electrons. The minimum Gasteiger partial charge on any atom is -0.303 e. The number of nitrogens with zero attached hydrogens (tertiary/aromatic N) is 2. The third kappa shape index (κ3) is 1.61. The van der Waals surface area contributed by atoms with E-state index in [1.807, 2.05) is 6.92 Å². The monoisotopic (exact) mass is 242 g/mol. The van der Waals surface area contributed by atoms with Gasteiger partial charge in [-0.3, -0.25) is 4.55 Å². The highest BCUT2D eigenvalue weighted by molar-refractivity contribution is 7.74. The van der Waals surface area contributed by atoms with E-state index in [0.717, 1.165) is 10.6 Å². The average Bonchev–Trinajstić information content (AvgIpc) is 2.49. The number of carbonyl (C=O) groups excluding carboxylic acids is 1. The Morgan fingerprint density at radius 3 is 3.00 bits per heavy atom. The van der Waals surface area contributed by atoms with Gasteiger partial charge in [0.1, 0.15) is 12.1 Å². The molecule has 2 heterocycles. The number of carbonyl (C=O) groups is 1. The lowest BCUT2D eigenvalue weighted by atomic mass is 10.0. The molecule has 2 aliphatic rings. The lowest BCUT2D eigenvalue weighted by Crippen LogP contribution is -2.37. The first-order valence-electron chi connectivity index (χ1n) is 4.58. The molecule has 0 aromatic carbocycles. The van der Waals surface area contributed by atoms with Crippen LogP contribution in [0.15, 0.2) is 11.6 Å². The van der Waals surface area contributed by atoms with Crippen LogP contribution < -0.4 is 0 Å². The standard InChI is InChI=1S/C9H10N2O4S/c1-3-7-4-6(2)8-5-10(7)9(12)11(8)15-16(13)14/h1,4,7-8H,5H2,2H3,(H,13,14). The molecule has 7 heteroatoms. The van der Waals surface area contributed by atoms with Crippen molar-refractivity contribution in [3.8, 4) is 12.3 Å². The second-order valence-electron chi connectivity index (χ2n) is 3.59. The van der Waals surface area contributed by atoms with Crippen molar-refractivity contribution >= 4 is 17.4 Å². The highest BCUT2D eigenvalue weighted by Crippen LogP contribution is 2.29. The van der Waals surface area contributed by atoms with Gasteiger partial charge in [-0.25, -0.2) is 4.79 Å². The third-order valence-electron chi connectivity index (χ3n) is 2.68. The van der Waals surface area contributed by atoms with Crippen LogP contribution in [0, 0.1) is 12.3 Å². The van der Waals surface area contributed by atoms with Gasteiger partial charge in [0, 0.05) is 0 Å². The van der Waals surface area contributed by atoms with Crippen molar-refractivity contribution in [2.24, 2.45) is 0 Å². The largest absolute Gasteiger partial charge is 0.347 e. The van der Waals surface area contributed by atoms with Crippen molar-refractivity contribution in [2.45, 2.75) is 19.0 Å². The Balaban J connectivity index is 2.30. The van der Waals surface area contributed by atoms with Crippen molar-refractivity contribution in [2.75, 3.05) is 6.54 Å². The van der Waals surface area contributed by atoms with E-state index in [-0.39, 0.29) is 6.04 Å². The minimum atomic E-state index is -2.51. The molecule has 16 heavy (non-hydrogen) atoms. The molecule has 3 atom stereocenters. The number of fused-ring (bicyclic) bond motifs is 2. The SMILES string of the molecule is C#CC1C=C(C)C2CN1C(=O)N2OS(=O)O. The number of hydrogen-bond donors (Lipinski definition) is 1. The molecular weight excluding hydrogens is 232 g/mol. The number of amides is 2. The van der Waals surface area contributed by atoms with E-state index in [1.54, 1.807) is 6.08 Å². The number of hydrogen-bond acceptors (Lipinski definition) is 3. The van der Waals surface area contributed by atoms with Crippen molar-refractivity contribution < 1.29 is 17.8 Å². The Morgan fingerprint density at radius 2 is 2.44 bits per heavy atom. The Hall–Kier alpha value is -1.36. The van der Waals surface area contributed by atoms with Crippen LogP contribution in [0.3, 0.4) is 0 Å². The van der Waals surface area contributed by atoms with Crippen LogP contribution in [0.2, 0.25) is 0 Å². The maximum atomic E-state index is 11.8. The van der Waals surface area contributed by atoms with E-state index in [9.17, 15) is 9.00 Å². The van der Waals surface area contributed by atoms with Crippen molar-refractivity contribution in [1.29, 1.82) is 0 Å². The zero-order chi connectivity index (χ0) is 11.9. The summed E-state index contributed by atoms with van der Waals surface area (Å²) < 4.78 is 23.8. The third-order valence-corrected chi connectivity index (χ3v) is 2.97. The number of hydroxylamine groups is 2. The van der Waals surface area contributed by atoms with Gasteiger partial charge < -0.3 is 4.90 Å². The Morgan fingerprint density at radius 1 is 1.75 bits per heavy atom. The molecule has 1 N–H and O–H groups in total. The van der Waals surface area contributed by atoms with Gasteiger partial charge in [0.2, 0.25) is 0 Å². The van der Waals surface area contributed by atoms with Crippen LogP contribution in [-0.4, -0.2) is 43.4 Å². The first-order valence-corrected chi connectivity index (χ1v) is 5.61. The minimum absolute atomic E-state index is 0.340. The first-order chi connectivity index (χ1) is 7.54. The molecule has 0 aliphatic carbocycles. The molecule has 86 valence electrons. The fraction of sp³-hybridized carbons (Fsp3) is 0.444. The Labute approximate surface area is 95.3 Å². The number of terminal acetylenes is 1. The van der Waals surface area contributed by atoms with Crippen molar-refractivity contribution in [3.05, 3.63) is 11.6 Å². The van der Waals surface area contributed by atoms with Crippen LogP contribution in [0.5, 0.6) is 0 Å². The van der Waals surface area contributed by atoms with E-state index < -0.39 is 23.4 Å². The zero-order valence-electron chi connectivity index (χ0n) is 8.49. The van der Waals surface area contributed by atoms with Gasteiger partial charge in [-0.1, -0.05) is 5.92 Å². The normalized spacial score (nSPS) is 30.1. The fourth-order valence-corrected chi connectivity index (χ4v) is 2.21. The summed E-state index contributed by atoms with van der Waals surface area (Å²) in [4.78, 5) is 13.2. The molecule has 2 aliphatic heterocycles. The molecule has 0 saturated carbocycles. The molecule has 2 amide bonds. The maximum absolute atomic E-state index is 11.8. The molecule has 2 rings (SSSR count). The summed E-state index contributed by atoms with van der Waals surface area (Å²) in [6, 6.07) is -1.24. The van der Waals surface area contributed by atoms with Gasteiger partial charge in [0.15, 0.2) is 0 Å². The van der Waals surface area contributed by atoms with E-state index in [4.69, 9.17) is 11.0 Å². The quantitative estimate of drug-likeness (QED) is 0.424. The summed E-state index contributed by atoms with van der Waals surface area (Å²) in [6.07, 6.45) is 7.08. The van der Waals surface area contributed by atoms with Gasteiger partial charge in [-0.15, -0.1) is 10.7 Å². The highest BCUT2D eigenvalue weighted by Gasteiger charge is 2.45. The lowest BCUT2D eigenvalue weighted by Gasteiger charge is -2.24. The molecule has 1 fully saturated rings.